The van der Waals surface area contributed by atoms with Crippen molar-refractivity contribution in [2.75, 3.05) is 0 Å². The maximum atomic E-state index is 10.4. The largest absolute Gasteiger partial charge is 0.395 e. The van der Waals surface area contributed by atoms with Gasteiger partial charge in [0.15, 0.2) is 0 Å². The Balaban J connectivity index is 3.17. The molecule has 0 saturated carbocycles. The summed E-state index contributed by atoms with van der Waals surface area (Å²) in [7, 11) is 0. The van der Waals surface area contributed by atoms with Crippen molar-refractivity contribution in [2.45, 2.75) is 26.7 Å². The Morgan fingerprint density at radius 3 is 2.56 bits per heavy atom. The van der Waals surface area contributed by atoms with Gasteiger partial charge in [0.2, 0.25) is 0 Å². The van der Waals surface area contributed by atoms with E-state index in [1.165, 1.54) is 0 Å². The number of carbonyl (C=O) groups excluding carboxylic acids is 1. The molecule has 0 spiro atoms. The third kappa shape index (κ3) is 5.69. The molecule has 0 bridgehead atoms. The molecule has 0 aromatic heterocycles. The van der Waals surface area contributed by atoms with Crippen LogP contribution in [0.25, 0.3) is 0 Å². The highest BCUT2D eigenvalue weighted by atomic mass is 32.1. The summed E-state index contributed by atoms with van der Waals surface area (Å²) in [6.45, 7) is 4.12. The van der Waals surface area contributed by atoms with Gasteiger partial charge in [-0.15, -0.1) is 0 Å². The lowest BCUT2D eigenvalue weighted by Crippen LogP contribution is -1.98. The van der Waals surface area contributed by atoms with Gasteiger partial charge < -0.3 is 4.18 Å². The molecule has 0 atom stereocenters. The Bertz CT molecular complexity index is 91.1. The Hall–Kier alpha value is -0.180. The Labute approximate surface area is 61.2 Å². The molecule has 9 heavy (non-hydrogen) atoms. The molecule has 0 aliphatic carbocycles. The van der Waals surface area contributed by atoms with Gasteiger partial charge in [0.05, 0.1) is 0 Å². The SMILES string of the molecule is CC(C)CCC(=O)OS. The molecule has 0 aromatic rings. The van der Waals surface area contributed by atoms with Crippen molar-refractivity contribution in [3.8, 4) is 0 Å². The van der Waals surface area contributed by atoms with Crippen LogP contribution >= 0.6 is 12.9 Å². The fraction of sp³-hybridized carbons (Fsp3) is 0.833. The highest BCUT2D eigenvalue weighted by Crippen LogP contribution is 2.04. The van der Waals surface area contributed by atoms with Gasteiger partial charge in [-0.2, -0.15) is 0 Å². The molecule has 0 amide bonds. The van der Waals surface area contributed by atoms with E-state index in [9.17, 15) is 4.79 Å². The van der Waals surface area contributed by atoms with E-state index in [1.807, 2.05) is 0 Å². The van der Waals surface area contributed by atoms with Crippen LogP contribution in [0.1, 0.15) is 26.7 Å². The zero-order valence-corrected chi connectivity index (χ0v) is 6.65. The lowest BCUT2D eigenvalue weighted by molar-refractivity contribution is -0.133. The molecule has 3 heteroatoms. The second kappa shape index (κ2) is 4.68. The fourth-order valence-electron chi connectivity index (χ4n) is 0.452. The van der Waals surface area contributed by atoms with E-state index in [4.69, 9.17) is 0 Å². The van der Waals surface area contributed by atoms with E-state index >= 15 is 0 Å². The molecule has 0 aliphatic heterocycles. The third-order valence-electron chi connectivity index (χ3n) is 1.03. The van der Waals surface area contributed by atoms with E-state index in [0.29, 0.717) is 12.3 Å². The second-order valence-electron chi connectivity index (χ2n) is 2.40. The van der Waals surface area contributed by atoms with Gasteiger partial charge in [-0.1, -0.05) is 13.8 Å². The molecule has 0 radical (unpaired) electrons. The van der Waals surface area contributed by atoms with Crippen LogP contribution < -0.4 is 0 Å². The minimum Gasteiger partial charge on any atom is -0.395 e. The van der Waals surface area contributed by atoms with Gasteiger partial charge in [0, 0.05) is 19.3 Å². The molecule has 0 heterocycles. The predicted octanol–water partition coefficient (Wildman–Crippen LogP) is 1.81. The van der Waals surface area contributed by atoms with E-state index in [0.717, 1.165) is 6.42 Å². The van der Waals surface area contributed by atoms with Crippen molar-refractivity contribution in [1.82, 2.24) is 0 Å². The minimum atomic E-state index is -0.243. The summed E-state index contributed by atoms with van der Waals surface area (Å²) in [5, 5.41) is 0. The molecule has 0 saturated heterocycles. The van der Waals surface area contributed by atoms with E-state index in [2.05, 4.69) is 30.9 Å². The quantitative estimate of drug-likeness (QED) is 0.488. The number of thiol groups is 1. The highest BCUT2D eigenvalue weighted by Gasteiger charge is 2.01. The first-order chi connectivity index (χ1) is 4.16. The molecule has 54 valence electrons. The monoisotopic (exact) mass is 148 g/mol. The van der Waals surface area contributed by atoms with E-state index in [-0.39, 0.29) is 5.97 Å². The van der Waals surface area contributed by atoms with Gasteiger partial charge >= 0.3 is 5.97 Å². The Morgan fingerprint density at radius 2 is 2.22 bits per heavy atom. The fourth-order valence-corrected chi connectivity index (χ4v) is 0.543. The van der Waals surface area contributed by atoms with E-state index in [1.54, 1.807) is 0 Å². The topological polar surface area (TPSA) is 26.3 Å². The summed E-state index contributed by atoms with van der Waals surface area (Å²) in [4.78, 5) is 10.4. The Kier molecular flexibility index (Phi) is 4.58. The van der Waals surface area contributed by atoms with Gasteiger partial charge in [-0.05, 0) is 12.3 Å². The van der Waals surface area contributed by atoms with Crippen molar-refractivity contribution >= 4 is 18.9 Å². The summed E-state index contributed by atoms with van der Waals surface area (Å²) in [6, 6.07) is 0. The first-order valence-electron chi connectivity index (χ1n) is 3.01. The van der Waals surface area contributed by atoms with Crippen molar-refractivity contribution in [1.29, 1.82) is 0 Å². The molecule has 0 N–H and O–H groups in total. The first-order valence-corrected chi connectivity index (χ1v) is 3.37. The Morgan fingerprint density at radius 1 is 1.67 bits per heavy atom. The number of rotatable bonds is 3. The van der Waals surface area contributed by atoms with Gasteiger partial charge in [0.25, 0.3) is 0 Å². The summed E-state index contributed by atoms with van der Waals surface area (Å²) in [5.74, 6) is 0.310. The van der Waals surface area contributed by atoms with Crippen LogP contribution in [0.15, 0.2) is 0 Å². The van der Waals surface area contributed by atoms with Crippen molar-refractivity contribution in [2.24, 2.45) is 5.92 Å². The molecular formula is C6H12O2S. The summed E-state index contributed by atoms with van der Waals surface area (Å²) >= 11 is 3.37. The summed E-state index contributed by atoms with van der Waals surface area (Å²) in [6.07, 6.45) is 1.35. The van der Waals surface area contributed by atoms with Crippen LogP contribution in [0.4, 0.5) is 0 Å². The molecule has 0 aromatic carbocycles. The van der Waals surface area contributed by atoms with Gasteiger partial charge in [-0.25, -0.2) is 0 Å². The summed E-state index contributed by atoms with van der Waals surface area (Å²) in [5.41, 5.74) is 0. The van der Waals surface area contributed by atoms with E-state index < -0.39 is 0 Å². The molecule has 2 nitrogen and oxygen atoms in total. The third-order valence-corrected chi connectivity index (χ3v) is 1.23. The number of carbonyl (C=O) groups is 1. The normalized spacial score (nSPS) is 9.78. The van der Waals surface area contributed by atoms with Crippen LogP contribution in [0.3, 0.4) is 0 Å². The van der Waals surface area contributed by atoms with Gasteiger partial charge in [0.1, 0.15) is 0 Å². The zero-order valence-electron chi connectivity index (χ0n) is 5.76. The first kappa shape index (κ1) is 8.82. The zero-order chi connectivity index (χ0) is 7.28. The van der Waals surface area contributed by atoms with Crippen molar-refractivity contribution < 1.29 is 8.98 Å². The maximum absolute atomic E-state index is 10.4. The predicted molar refractivity (Wildman–Crippen MR) is 39.2 cm³/mol. The molecule has 0 fully saturated rings. The van der Waals surface area contributed by atoms with Crippen LogP contribution in [-0.4, -0.2) is 5.97 Å². The van der Waals surface area contributed by atoms with Crippen LogP contribution in [0.2, 0.25) is 0 Å². The average Bonchev–Trinajstić information content (AvgIpc) is 1.83. The van der Waals surface area contributed by atoms with Crippen LogP contribution in [0.5, 0.6) is 0 Å². The molecule has 0 unspecified atom stereocenters. The molecular weight excluding hydrogens is 136 g/mol. The average molecular weight is 148 g/mol. The number of hydrogen-bond donors (Lipinski definition) is 1. The maximum Gasteiger partial charge on any atom is 0.317 e. The van der Waals surface area contributed by atoms with Crippen LogP contribution in [-0.2, 0) is 8.98 Å². The standard InChI is InChI=1S/C6H12O2S/c1-5(2)3-4-6(7)8-9/h5,9H,3-4H2,1-2H3. The highest BCUT2D eigenvalue weighted by molar-refractivity contribution is 7.75. The number of hydrogen-bond acceptors (Lipinski definition) is 3. The smallest absolute Gasteiger partial charge is 0.317 e. The second-order valence-corrected chi connectivity index (χ2v) is 2.58. The lowest BCUT2D eigenvalue weighted by Gasteiger charge is -2.00. The van der Waals surface area contributed by atoms with Crippen molar-refractivity contribution in [3.05, 3.63) is 0 Å². The van der Waals surface area contributed by atoms with Crippen molar-refractivity contribution in [3.63, 3.8) is 0 Å². The minimum absolute atomic E-state index is 0.243. The summed E-state index contributed by atoms with van der Waals surface area (Å²) < 4.78 is 4.16. The van der Waals surface area contributed by atoms with Crippen LogP contribution in [0, 0.1) is 5.92 Å². The van der Waals surface area contributed by atoms with Gasteiger partial charge in [-0.3, -0.25) is 4.79 Å². The molecule has 0 rings (SSSR count). The molecule has 0 aliphatic rings. The lowest BCUT2D eigenvalue weighted by atomic mass is 10.1.